The number of ether oxygens (including phenoxy) is 2. The molecule has 1 aromatic carbocycles. The number of hydrogen-bond acceptors (Lipinski definition) is 10. The van der Waals surface area contributed by atoms with E-state index in [4.69, 9.17) is 4.74 Å². The molecule has 0 saturated carbocycles. The molecule has 1 saturated heterocycles. The van der Waals surface area contributed by atoms with Gasteiger partial charge < -0.3 is 45.6 Å². The van der Waals surface area contributed by atoms with Gasteiger partial charge in [-0.15, -0.1) is 0 Å². The number of rotatable bonds is 8. The zero-order chi connectivity index (χ0) is 23.1. The minimum absolute atomic E-state index is 0.123. The van der Waals surface area contributed by atoms with Crippen LogP contribution < -0.4 is 10.6 Å². The molecule has 12 heteroatoms. The second-order valence-electron chi connectivity index (χ2n) is 6.94. The molecule has 0 aliphatic carbocycles. The highest BCUT2D eigenvalue weighted by molar-refractivity contribution is 5.99. The number of amides is 2. The molecular weight excluding hydrogens is 416 g/mol. The maximum Gasteiger partial charge on any atom is 0.325 e. The highest BCUT2D eigenvalue weighted by Gasteiger charge is 2.44. The number of benzene rings is 1. The smallest absolute Gasteiger partial charge is 0.325 e. The maximum absolute atomic E-state index is 12.6. The fourth-order valence-electron chi connectivity index (χ4n) is 3.09. The van der Waals surface area contributed by atoms with Crippen molar-refractivity contribution < 1.29 is 49.4 Å². The zero-order valence-corrected chi connectivity index (χ0v) is 16.7. The summed E-state index contributed by atoms with van der Waals surface area (Å²) in [6.45, 7) is -1.15. The van der Waals surface area contributed by atoms with Crippen molar-refractivity contribution in [1.29, 1.82) is 0 Å². The first-order chi connectivity index (χ1) is 14.7. The van der Waals surface area contributed by atoms with Crippen LogP contribution in [0.5, 0.6) is 5.75 Å². The van der Waals surface area contributed by atoms with E-state index in [9.17, 15) is 39.9 Å². The molecule has 2 rings (SSSR count). The first kappa shape index (κ1) is 24.5. The van der Waals surface area contributed by atoms with E-state index in [1.807, 2.05) is 0 Å². The van der Waals surface area contributed by atoms with Crippen LogP contribution in [0.25, 0.3) is 0 Å². The molecule has 1 aliphatic rings. The van der Waals surface area contributed by atoms with E-state index in [0.717, 1.165) is 7.11 Å². The average molecular weight is 442 g/mol. The van der Waals surface area contributed by atoms with Gasteiger partial charge in [-0.25, -0.2) is 0 Å². The third kappa shape index (κ3) is 6.12. The Morgan fingerprint density at radius 3 is 2.35 bits per heavy atom. The number of phenols is 1. The number of phenolic OH excluding ortho intramolecular Hbond substituents is 1. The van der Waals surface area contributed by atoms with E-state index >= 15 is 0 Å². The fourth-order valence-corrected chi connectivity index (χ4v) is 3.09. The Kier molecular flexibility index (Phi) is 8.71. The molecular formula is C19H26N2O10. The van der Waals surface area contributed by atoms with Crippen molar-refractivity contribution in [2.45, 2.75) is 43.0 Å². The van der Waals surface area contributed by atoms with Crippen LogP contribution in [0.3, 0.4) is 0 Å². The molecule has 1 aromatic rings. The van der Waals surface area contributed by atoms with Crippen LogP contribution in [0.15, 0.2) is 24.3 Å². The molecule has 0 bridgehead atoms. The van der Waals surface area contributed by atoms with Gasteiger partial charge in [0, 0.05) is 6.42 Å². The Balaban J connectivity index is 2.20. The number of methoxy groups -OCH3 is 1. The van der Waals surface area contributed by atoms with Crippen molar-refractivity contribution in [1.82, 2.24) is 10.6 Å². The largest absolute Gasteiger partial charge is 0.507 e. The summed E-state index contributed by atoms with van der Waals surface area (Å²) in [6.07, 6.45) is -7.71. The Bertz CT molecular complexity index is 787. The predicted molar refractivity (Wildman–Crippen MR) is 103 cm³/mol. The van der Waals surface area contributed by atoms with Gasteiger partial charge in [-0.3, -0.25) is 14.4 Å². The quantitative estimate of drug-likeness (QED) is 0.204. The van der Waals surface area contributed by atoms with Crippen molar-refractivity contribution in [2.75, 3.05) is 20.3 Å². The molecule has 12 nitrogen and oxygen atoms in total. The van der Waals surface area contributed by atoms with Crippen LogP contribution in [0.2, 0.25) is 0 Å². The van der Waals surface area contributed by atoms with Gasteiger partial charge in [-0.2, -0.15) is 0 Å². The van der Waals surface area contributed by atoms with Gasteiger partial charge in [0.15, 0.2) is 0 Å². The molecule has 0 spiro atoms. The van der Waals surface area contributed by atoms with Crippen molar-refractivity contribution in [3.05, 3.63) is 29.8 Å². The molecule has 0 aromatic heterocycles. The van der Waals surface area contributed by atoms with Crippen molar-refractivity contribution in [3.8, 4) is 5.75 Å². The summed E-state index contributed by atoms with van der Waals surface area (Å²) in [5.74, 6) is -2.72. The molecule has 0 radical (unpaired) electrons. The molecule has 1 aliphatic heterocycles. The van der Waals surface area contributed by atoms with Crippen LogP contribution in [-0.2, 0) is 19.1 Å². The number of carbonyl (C=O) groups is 3. The van der Waals surface area contributed by atoms with E-state index in [1.54, 1.807) is 0 Å². The van der Waals surface area contributed by atoms with E-state index < -0.39 is 67.5 Å². The number of hydrogen-bond donors (Lipinski definition) is 7. The normalized spacial score (nSPS) is 26.5. The van der Waals surface area contributed by atoms with E-state index in [0.29, 0.717) is 0 Å². The van der Waals surface area contributed by atoms with Crippen molar-refractivity contribution in [3.63, 3.8) is 0 Å². The van der Waals surface area contributed by atoms with Crippen LogP contribution in [0.1, 0.15) is 16.8 Å². The van der Waals surface area contributed by atoms with Gasteiger partial charge in [0.25, 0.3) is 5.91 Å². The maximum atomic E-state index is 12.6. The Morgan fingerprint density at radius 2 is 1.74 bits per heavy atom. The van der Waals surface area contributed by atoms with Crippen LogP contribution in [-0.4, -0.2) is 100 Å². The molecule has 1 unspecified atom stereocenters. The average Bonchev–Trinajstić information content (AvgIpc) is 2.76. The minimum Gasteiger partial charge on any atom is -0.507 e. The molecule has 7 N–H and O–H groups in total. The summed E-state index contributed by atoms with van der Waals surface area (Å²) in [6, 6.07) is 4.22. The monoisotopic (exact) mass is 442 g/mol. The third-order valence-electron chi connectivity index (χ3n) is 4.86. The van der Waals surface area contributed by atoms with Gasteiger partial charge in [0.05, 0.1) is 25.4 Å². The molecule has 1 heterocycles. The lowest BCUT2D eigenvalue weighted by Gasteiger charge is -2.41. The van der Waals surface area contributed by atoms with Gasteiger partial charge in [-0.1, -0.05) is 12.1 Å². The van der Waals surface area contributed by atoms with Crippen LogP contribution in [0.4, 0.5) is 0 Å². The van der Waals surface area contributed by atoms with Crippen LogP contribution >= 0.6 is 0 Å². The second-order valence-corrected chi connectivity index (χ2v) is 6.94. The number of aromatic hydroxyl groups is 1. The SMILES string of the molecule is COC(=O)CNC(=O)C(C[C@@H]1O[C@H](CO)[C@H](O)[C@H](O)[C@H]1O)NC(=O)c1ccccc1O. The highest BCUT2D eigenvalue weighted by Crippen LogP contribution is 2.24. The minimum atomic E-state index is -1.66. The lowest BCUT2D eigenvalue weighted by atomic mass is 9.91. The summed E-state index contributed by atoms with van der Waals surface area (Å²) < 4.78 is 9.83. The Hall–Kier alpha value is -2.77. The second kappa shape index (κ2) is 11.0. The van der Waals surface area contributed by atoms with Crippen LogP contribution in [0, 0.1) is 0 Å². The summed E-state index contributed by atoms with van der Waals surface area (Å²) in [5.41, 5.74) is -0.123. The molecule has 31 heavy (non-hydrogen) atoms. The zero-order valence-electron chi connectivity index (χ0n) is 16.7. The van der Waals surface area contributed by atoms with E-state index in [2.05, 4.69) is 15.4 Å². The Labute approximate surface area is 177 Å². The standard InChI is InChI=1S/C19H26N2O10/c1-30-14(24)7-20-19(29)10(21-18(28)9-4-2-3-5-11(9)23)6-12-15(25)17(27)16(26)13(8-22)31-12/h2-5,10,12-13,15-17,22-23,25-27H,6-8H2,1H3,(H,20,29)(H,21,28)/t10?,12-,13+,15-,16-,17+/m0/s1. The number of aliphatic hydroxyl groups is 4. The molecule has 172 valence electrons. The van der Waals surface area contributed by atoms with Crippen molar-refractivity contribution in [2.24, 2.45) is 0 Å². The highest BCUT2D eigenvalue weighted by atomic mass is 16.5. The topological polar surface area (TPSA) is 195 Å². The lowest BCUT2D eigenvalue weighted by Crippen LogP contribution is -2.60. The van der Waals surface area contributed by atoms with E-state index in [1.165, 1.54) is 24.3 Å². The number of aliphatic hydroxyl groups excluding tert-OH is 4. The first-order valence-corrected chi connectivity index (χ1v) is 9.43. The molecule has 2 amide bonds. The van der Waals surface area contributed by atoms with Gasteiger partial charge in [-0.05, 0) is 12.1 Å². The molecule has 6 atom stereocenters. The summed E-state index contributed by atoms with van der Waals surface area (Å²) in [4.78, 5) is 36.5. The van der Waals surface area contributed by atoms with Gasteiger partial charge >= 0.3 is 5.97 Å². The van der Waals surface area contributed by atoms with Gasteiger partial charge in [0.2, 0.25) is 5.91 Å². The number of esters is 1. The summed E-state index contributed by atoms with van der Waals surface area (Å²) in [7, 11) is 1.12. The number of nitrogens with one attached hydrogen (secondary N) is 2. The van der Waals surface area contributed by atoms with Gasteiger partial charge in [0.1, 0.15) is 42.8 Å². The molecule has 1 fully saturated rings. The van der Waals surface area contributed by atoms with E-state index in [-0.39, 0.29) is 17.7 Å². The third-order valence-corrected chi connectivity index (χ3v) is 4.86. The predicted octanol–water partition coefficient (Wildman–Crippen LogP) is -2.99. The summed E-state index contributed by atoms with van der Waals surface area (Å²) >= 11 is 0. The summed E-state index contributed by atoms with van der Waals surface area (Å²) in [5, 5.41) is 53.9. The fraction of sp³-hybridized carbons (Fsp3) is 0.526. The lowest BCUT2D eigenvalue weighted by molar-refractivity contribution is -0.231. The first-order valence-electron chi connectivity index (χ1n) is 9.43. The number of para-hydroxylation sites is 1. The number of carbonyl (C=O) groups excluding carboxylic acids is 3. The van der Waals surface area contributed by atoms with Crippen molar-refractivity contribution >= 4 is 17.8 Å². The Morgan fingerprint density at radius 1 is 1.10 bits per heavy atom.